The quantitative estimate of drug-likeness (QED) is 0.856. The van der Waals surface area contributed by atoms with Crippen LogP contribution in [0.25, 0.3) is 0 Å². The van der Waals surface area contributed by atoms with Crippen molar-refractivity contribution >= 4 is 5.69 Å². The molecule has 2 rings (SSSR count). The minimum atomic E-state index is 0.0284. The summed E-state index contributed by atoms with van der Waals surface area (Å²) in [6.45, 7) is 7.63. The molecule has 0 radical (unpaired) electrons. The Bertz CT molecular complexity index is 542. The maximum Gasteiger partial charge on any atom is 0.121 e. The van der Waals surface area contributed by atoms with Gasteiger partial charge in [-0.3, -0.25) is 0 Å². The van der Waals surface area contributed by atoms with Gasteiger partial charge in [0.05, 0.1) is 18.4 Å². The van der Waals surface area contributed by atoms with E-state index in [1.54, 1.807) is 6.20 Å². The van der Waals surface area contributed by atoms with Crippen LogP contribution < -0.4 is 10.5 Å². The number of aromatic nitrogens is 3. The highest BCUT2D eigenvalue weighted by Gasteiger charge is 2.19. The largest absolute Gasteiger partial charge is 0.492 e. The predicted molar refractivity (Wildman–Crippen MR) is 75.1 cm³/mol. The monoisotopic (exact) mass is 260 g/mol. The van der Waals surface area contributed by atoms with Gasteiger partial charge in [0.15, 0.2) is 0 Å². The number of rotatable bonds is 4. The summed E-state index contributed by atoms with van der Waals surface area (Å²) in [5.41, 5.74) is 7.53. The Balaban J connectivity index is 1.95. The van der Waals surface area contributed by atoms with E-state index >= 15 is 0 Å². The minimum Gasteiger partial charge on any atom is -0.492 e. The van der Waals surface area contributed by atoms with Crippen molar-refractivity contribution in [2.45, 2.75) is 32.7 Å². The molecular formula is C14H20N4O. The van der Waals surface area contributed by atoms with Gasteiger partial charge in [0.25, 0.3) is 0 Å². The van der Waals surface area contributed by atoms with Crippen LogP contribution in [0, 0.1) is 0 Å². The number of hydrogen-bond acceptors (Lipinski definition) is 4. The van der Waals surface area contributed by atoms with Crippen molar-refractivity contribution in [1.82, 2.24) is 15.0 Å². The number of anilines is 1. The van der Waals surface area contributed by atoms with E-state index in [0.29, 0.717) is 18.8 Å². The van der Waals surface area contributed by atoms with Crippen LogP contribution in [0.15, 0.2) is 30.5 Å². The van der Waals surface area contributed by atoms with Gasteiger partial charge in [0, 0.05) is 17.2 Å². The second-order valence-electron chi connectivity index (χ2n) is 5.51. The molecule has 2 aromatic rings. The minimum absolute atomic E-state index is 0.0284. The Morgan fingerprint density at radius 3 is 2.79 bits per heavy atom. The van der Waals surface area contributed by atoms with Gasteiger partial charge in [-0.15, -0.1) is 5.10 Å². The van der Waals surface area contributed by atoms with Gasteiger partial charge in [-0.05, 0) is 12.1 Å². The molecule has 102 valence electrons. The van der Waals surface area contributed by atoms with Crippen molar-refractivity contribution in [2.75, 3.05) is 12.3 Å². The van der Waals surface area contributed by atoms with Gasteiger partial charge in [-0.2, -0.15) is 0 Å². The number of benzene rings is 1. The van der Waals surface area contributed by atoms with E-state index in [1.165, 1.54) is 0 Å². The van der Waals surface area contributed by atoms with Gasteiger partial charge < -0.3 is 10.5 Å². The third-order valence-electron chi connectivity index (χ3n) is 2.82. The van der Waals surface area contributed by atoms with E-state index in [2.05, 4.69) is 31.1 Å². The second-order valence-corrected chi connectivity index (χ2v) is 5.51. The standard InChI is InChI=1S/C14H20N4O/c1-14(2,3)13-10-16-17-18(13)7-8-19-12-6-4-5-11(15)9-12/h4-6,9-10H,7-8,15H2,1-3H3. The van der Waals surface area contributed by atoms with E-state index in [1.807, 2.05) is 28.9 Å². The number of nitrogens with two attached hydrogens (primary N) is 1. The molecule has 1 heterocycles. The number of hydrogen-bond donors (Lipinski definition) is 1. The van der Waals surface area contributed by atoms with E-state index in [4.69, 9.17) is 10.5 Å². The van der Waals surface area contributed by atoms with Crippen LogP contribution in [0.4, 0.5) is 5.69 Å². The topological polar surface area (TPSA) is 66.0 Å². The summed E-state index contributed by atoms with van der Waals surface area (Å²) in [4.78, 5) is 0. The fraction of sp³-hybridized carbons (Fsp3) is 0.429. The van der Waals surface area contributed by atoms with Crippen molar-refractivity contribution in [3.63, 3.8) is 0 Å². The Morgan fingerprint density at radius 1 is 1.32 bits per heavy atom. The summed E-state index contributed by atoms with van der Waals surface area (Å²) < 4.78 is 7.54. The van der Waals surface area contributed by atoms with Gasteiger partial charge in [-0.25, -0.2) is 4.68 Å². The molecule has 5 nitrogen and oxygen atoms in total. The molecule has 0 spiro atoms. The van der Waals surface area contributed by atoms with E-state index in [9.17, 15) is 0 Å². The third kappa shape index (κ3) is 3.47. The van der Waals surface area contributed by atoms with E-state index < -0.39 is 0 Å². The van der Waals surface area contributed by atoms with Crippen LogP contribution in [0.5, 0.6) is 5.75 Å². The molecule has 0 aliphatic carbocycles. The highest BCUT2D eigenvalue weighted by Crippen LogP contribution is 2.20. The van der Waals surface area contributed by atoms with Gasteiger partial charge in [-0.1, -0.05) is 32.1 Å². The zero-order valence-corrected chi connectivity index (χ0v) is 11.6. The van der Waals surface area contributed by atoms with Crippen molar-refractivity contribution in [1.29, 1.82) is 0 Å². The Morgan fingerprint density at radius 2 is 2.11 bits per heavy atom. The maximum absolute atomic E-state index is 5.70. The highest BCUT2D eigenvalue weighted by molar-refractivity contribution is 5.43. The highest BCUT2D eigenvalue weighted by atomic mass is 16.5. The average molecular weight is 260 g/mol. The molecular weight excluding hydrogens is 240 g/mol. The lowest BCUT2D eigenvalue weighted by Gasteiger charge is -2.19. The summed E-state index contributed by atoms with van der Waals surface area (Å²) in [6.07, 6.45) is 1.81. The van der Waals surface area contributed by atoms with Crippen molar-refractivity contribution in [3.8, 4) is 5.75 Å². The molecule has 0 amide bonds. The lowest BCUT2D eigenvalue weighted by atomic mass is 9.93. The molecule has 2 N–H and O–H groups in total. The molecule has 1 aromatic heterocycles. The second kappa shape index (κ2) is 5.30. The predicted octanol–water partition coefficient (Wildman–Crippen LogP) is 2.24. The van der Waals surface area contributed by atoms with E-state index in [0.717, 1.165) is 11.4 Å². The Labute approximate surface area is 113 Å². The number of ether oxygens (including phenoxy) is 1. The molecule has 0 saturated carbocycles. The van der Waals surface area contributed by atoms with Gasteiger partial charge in [0.2, 0.25) is 0 Å². The molecule has 19 heavy (non-hydrogen) atoms. The molecule has 0 saturated heterocycles. The Kier molecular flexibility index (Phi) is 3.74. The number of nitrogen functional groups attached to an aromatic ring is 1. The van der Waals surface area contributed by atoms with Crippen molar-refractivity contribution in [3.05, 3.63) is 36.2 Å². The third-order valence-corrected chi connectivity index (χ3v) is 2.82. The average Bonchev–Trinajstić information content (AvgIpc) is 2.77. The molecule has 5 heteroatoms. The van der Waals surface area contributed by atoms with Crippen LogP contribution in [0.3, 0.4) is 0 Å². The summed E-state index contributed by atoms with van der Waals surface area (Å²) in [5.74, 6) is 0.775. The molecule has 0 fully saturated rings. The van der Waals surface area contributed by atoms with Crippen LogP contribution in [-0.2, 0) is 12.0 Å². The van der Waals surface area contributed by atoms with E-state index in [-0.39, 0.29) is 5.41 Å². The molecule has 1 aromatic carbocycles. The SMILES string of the molecule is CC(C)(C)c1cnnn1CCOc1cccc(N)c1. The first-order valence-corrected chi connectivity index (χ1v) is 6.34. The summed E-state index contributed by atoms with van der Waals surface area (Å²) in [6, 6.07) is 7.41. The van der Waals surface area contributed by atoms with Crippen LogP contribution in [-0.4, -0.2) is 21.6 Å². The first-order valence-electron chi connectivity index (χ1n) is 6.34. The zero-order chi connectivity index (χ0) is 13.9. The van der Waals surface area contributed by atoms with Crippen molar-refractivity contribution < 1.29 is 4.74 Å². The normalized spacial score (nSPS) is 11.5. The first-order chi connectivity index (χ1) is 8.97. The fourth-order valence-corrected chi connectivity index (χ4v) is 1.86. The first kappa shape index (κ1) is 13.4. The molecule has 0 aliphatic rings. The van der Waals surface area contributed by atoms with Gasteiger partial charge >= 0.3 is 0 Å². The maximum atomic E-state index is 5.70. The molecule has 0 aliphatic heterocycles. The summed E-state index contributed by atoms with van der Waals surface area (Å²) in [7, 11) is 0. The van der Waals surface area contributed by atoms with Crippen LogP contribution >= 0.6 is 0 Å². The lowest BCUT2D eigenvalue weighted by molar-refractivity contribution is 0.283. The summed E-state index contributed by atoms with van der Waals surface area (Å²) in [5, 5.41) is 8.06. The molecule has 0 bridgehead atoms. The van der Waals surface area contributed by atoms with Crippen LogP contribution in [0.1, 0.15) is 26.5 Å². The Hall–Kier alpha value is -2.04. The summed E-state index contributed by atoms with van der Waals surface area (Å²) >= 11 is 0. The zero-order valence-electron chi connectivity index (χ0n) is 11.6. The fourth-order valence-electron chi connectivity index (χ4n) is 1.86. The number of nitrogens with zero attached hydrogens (tertiary/aromatic N) is 3. The lowest BCUT2D eigenvalue weighted by Crippen LogP contribution is -2.20. The van der Waals surface area contributed by atoms with Crippen LogP contribution in [0.2, 0.25) is 0 Å². The molecule has 0 unspecified atom stereocenters. The van der Waals surface area contributed by atoms with Crippen molar-refractivity contribution in [2.24, 2.45) is 0 Å². The molecule has 0 atom stereocenters. The smallest absolute Gasteiger partial charge is 0.121 e. The van der Waals surface area contributed by atoms with Gasteiger partial charge in [0.1, 0.15) is 12.4 Å².